The van der Waals surface area contributed by atoms with Crippen molar-refractivity contribution >= 4 is 5.91 Å². The summed E-state index contributed by atoms with van der Waals surface area (Å²) in [6.45, 7) is 3.09. The van der Waals surface area contributed by atoms with Crippen LogP contribution in [0.25, 0.3) is 0 Å². The lowest BCUT2D eigenvalue weighted by molar-refractivity contribution is -0.120. The first-order valence-electron chi connectivity index (χ1n) is 5.41. The summed E-state index contributed by atoms with van der Waals surface area (Å²) in [5.74, 6) is 0.00467. The Morgan fingerprint density at radius 2 is 2.47 bits per heavy atom. The van der Waals surface area contributed by atoms with Gasteiger partial charge in [-0.3, -0.25) is 4.79 Å². The molecule has 0 aliphatic carbocycles. The average molecular weight is 216 g/mol. The monoisotopic (exact) mass is 216 g/mol. The van der Waals surface area contributed by atoms with Gasteiger partial charge >= 0.3 is 0 Å². The highest BCUT2D eigenvalue weighted by Crippen LogP contribution is 2.10. The van der Waals surface area contributed by atoms with E-state index >= 15 is 0 Å². The second-order valence-electron chi connectivity index (χ2n) is 3.61. The van der Waals surface area contributed by atoms with Crippen molar-refractivity contribution in [2.24, 2.45) is 0 Å². The van der Waals surface area contributed by atoms with Gasteiger partial charge in [-0.2, -0.15) is 0 Å². The number of hydrogen-bond acceptors (Lipinski definition) is 4. The van der Waals surface area contributed by atoms with Crippen LogP contribution in [0.2, 0.25) is 0 Å². The molecule has 0 aromatic carbocycles. The number of nitrogens with one attached hydrogen (secondary N) is 2. The summed E-state index contributed by atoms with van der Waals surface area (Å²) in [5, 5.41) is 5.82. The molecule has 5 heteroatoms. The largest absolute Gasteiger partial charge is 0.383 e. The highest BCUT2D eigenvalue weighted by Gasteiger charge is 2.14. The summed E-state index contributed by atoms with van der Waals surface area (Å²) in [5.41, 5.74) is 0. The first kappa shape index (κ1) is 12.4. The maximum atomic E-state index is 11.2. The fourth-order valence-corrected chi connectivity index (χ4v) is 1.51. The second-order valence-corrected chi connectivity index (χ2v) is 3.61. The Kier molecular flexibility index (Phi) is 6.31. The maximum absolute atomic E-state index is 11.2. The fourth-order valence-electron chi connectivity index (χ4n) is 1.51. The number of amides is 1. The molecular formula is C10H20N2O3. The summed E-state index contributed by atoms with van der Waals surface area (Å²) >= 11 is 0. The minimum Gasteiger partial charge on any atom is -0.383 e. The summed E-state index contributed by atoms with van der Waals surface area (Å²) in [6, 6.07) is 0. The molecule has 1 amide bonds. The lowest BCUT2D eigenvalue weighted by atomic mass is 10.2. The van der Waals surface area contributed by atoms with E-state index in [1.54, 1.807) is 7.11 Å². The molecule has 15 heavy (non-hydrogen) atoms. The predicted octanol–water partition coefficient (Wildman–Crippen LogP) is -0.482. The van der Waals surface area contributed by atoms with Crippen LogP contribution >= 0.6 is 0 Å². The number of methoxy groups -OCH3 is 1. The number of ether oxygens (including phenoxy) is 2. The van der Waals surface area contributed by atoms with Crippen molar-refractivity contribution < 1.29 is 14.3 Å². The van der Waals surface area contributed by atoms with Crippen molar-refractivity contribution in [1.29, 1.82) is 0 Å². The molecule has 88 valence electrons. The highest BCUT2D eigenvalue weighted by atomic mass is 16.5. The topological polar surface area (TPSA) is 59.6 Å². The molecule has 0 radical (unpaired) electrons. The van der Waals surface area contributed by atoms with Crippen LogP contribution in [0.4, 0.5) is 0 Å². The van der Waals surface area contributed by atoms with Gasteiger partial charge in [0.05, 0.1) is 19.3 Å². The summed E-state index contributed by atoms with van der Waals surface area (Å²) in [6.07, 6.45) is 2.52. The van der Waals surface area contributed by atoms with E-state index in [2.05, 4.69) is 10.6 Å². The zero-order chi connectivity index (χ0) is 10.9. The maximum Gasteiger partial charge on any atom is 0.234 e. The number of rotatable bonds is 7. The van der Waals surface area contributed by atoms with Gasteiger partial charge in [-0.1, -0.05) is 0 Å². The van der Waals surface area contributed by atoms with E-state index in [4.69, 9.17) is 9.47 Å². The van der Waals surface area contributed by atoms with Crippen LogP contribution in [-0.2, 0) is 14.3 Å². The normalized spacial score (nSPS) is 20.5. The Balaban J connectivity index is 1.91. The third kappa shape index (κ3) is 5.71. The van der Waals surface area contributed by atoms with Gasteiger partial charge in [-0.25, -0.2) is 0 Å². The molecule has 0 unspecified atom stereocenters. The Morgan fingerprint density at radius 3 is 3.13 bits per heavy atom. The lowest BCUT2D eigenvalue weighted by Gasteiger charge is -2.10. The molecule has 0 spiro atoms. The molecule has 1 aliphatic rings. The average Bonchev–Trinajstić information content (AvgIpc) is 2.71. The molecule has 1 rings (SSSR count). The van der Waals surface area contributed by atoms with Gasteiger partial charge in [0.2, 0.25) is 5.91 Å². The van der Waals surface area contributed by atoms with Gasteiger partial charge in [0, 0.05) is 26.8 Å². The zero-order valence-electron chi connectivity index (χ0n) is 9.25. The van der Waals surface area contributed by atoms with Gasteiger partial charge in [0.25, 0.3) is 0 Å². The van der Waals surface area contributed by atoms with Crippen LogP contribution in [-0.4, -0.2) is 52.0 Å². The fraction of sp³-hybridized carbons (Fsp3) is 0.900. The molecule has 1 atom stereocenters. The first-order valence-corrected chi connectivity index (χ1v) is 5.41. The Hall–Kier alpha value is -0.650. The van der Waals surface area contributed by atoms with Crippen molar-refractivity contribution in [3.8, 4) is 0 Å². The molecule has 0 saturated carbocycles. The van der Waals surface area contributed by atoms with E-state index in [9.17, 15) is 4.79 Å². The Morgan fingerprint density at radius 1 is 1.60 bits per heavy atom. The molecule has 5 nitrogen and oxygen atoms in total. The van der Waals surface area contributed by atoms with Crippen LogP contribution in [0.5, 0.6) is 0 Å². The molecule has 1 saturated heterocycles. The zero-order valence-corrected chi connectivity index (χ0v) is 9.25. The smallest absolute Gasteiger partial charge is 0.234 e. The summed E-state index contributed by atoms with van der Waals surface area (Å²) < 4.78 is 10.2. The van der Waals surface area contributed by atoms with Crippen molar-refractivity contribution in [3.63, 3.8) is 0 Å². The van der Waals surface area contributed by atoms with Crippen molar-refractivity contribution in [3.05, 3.63) is 0 Å². The number of carbonyl (C=O) groups is 1. The molecule has 1 aliphatic heterocycles. The number of carbonyl (C=O) groups excluding carboxylic acids is 1. The van der Waals surface area contributed by atoms with Gasteiger partial charge in [0.15, 0.2) is 0 Å². The molecular weight excluding hydrogens is 196 g/mol. The van der Waals surface area contributed by atoms with Crippen molar-refractivity contribution in [2.75, 3.05) is 40.0 Å². The number of hydrogen-bond donors (Lipinski definition) is 2. The molecule has 1 fully saturated rings. The molecule has 0 aromatic rings. The van der Waals surface area contributed by atoms with E-state index in [1.165, 1.54) is 0 Å². The third-order valence-electron chi connectivity index (χ3n) is 2.31. The van der Waals surface area contributed by atoms with Gasteiger partial charge < -0.3 is 20.1 Å². The van der Waals surface area contributed by atoms with Crippen LogP contribution in [0, 0.1) is 0 Å². The molecule has 2 N–H and O–H groups in total. The first-order chi connectivity index (χ1) is 7.33. The quantitative estimate of drug-likeness (QED) is 0.564. The van der Waals surface area contributed by atoms with E-state index < -0.39 is 0 Å². The molecule has 1 heterocycles. The van der Waals surface area contributed by atoms with Crippen LogP contribution in [0.3, 0.4) is 0 Å². The minimum absolute atomic E-state index is 0.00467. The van der Waals surface area contributed by atoms with Gasteiger partial charge in [-0.15, -0.1) is 0 Å². The third-order valence-corrected chi connectivity index (χ3v) is 2.31. The van der Waals surface area contributed by atoms with Gasteiger partial charge in [-0.05, 0) is 12.8 Å². The van der Waals surface area contributed by atoms with E-state index in [1.807, 2.05) is 0 Å². The minimum atomic E-state index is 0.00467. The summed E-state index contributed by atoms with van der Waals surface area (Å²) in [7, 11) is 1.61. The summed E-state index contributed by atoms with van der Waals surface area (Å²) in [4.78, 5) is 11.2. The predicted molar refractivity (Wildman–Crippen MR) is 56.7 cm³/mol. The lowest BCUT2D eigenvalue weighted by Crippen LogP contribution is -2.38. The standard InChI is InChI=1S/C10H20N2O3/c1-14-6-4-12-10(13)8-11-7-9-3-2-5-15-9/h9,11H,2-8H2,1H3,(H,12,13)/t9-/m1/s1. The molecule has 0 bridgehead atoms. The van der Waals surface area contributed by atoms with Gasteiger partial charge in [0.1, 0.15) is 0 Å². The van der Waals surface area contributed by atoms with Crippen molar-refractivity contribution in [1.82, 2.24) is 10.6 Å². The second kappa shape index (κ2) is 7.62. The van der Waals surface area contributed by atoms with E-state index in [0.717, 1.165) is 26.0 Å². The highest BCUT2D eigenvalue weighted by molar-refractivity contribution is 5.77. The van der Waals surface area contributed by atoms with Crippen LogP contribution in [0.15, 0.2) is 0 Å². The Bertz CT molecular complexity index is 182. The van der Waals surface area contributed by atoms with E-state index in [-0.39, 0.29) is 12.0 Å². The van der Waals surface area contributed by atoms with Crippen LogP contribution < -0.4 is 10.6 Å². The SMILES string of the molecule is COCCNC(=O)CNC[C@H]1CCCO1. The molecule has 0 aromatic heterocycles. The Labute approximate surface area is 90.5 Å². The van der Waals surface area contributed by atoms with Crippen molar-refractivity contribution in [2.45, 2.75) is 18.9 Å². The van der Waals surface area contributed by atoms with E-state index in [0.29, 0.717) is 19.7 Å². The van der Waals surface area contributed by atoms with Crippen LogP contribution in [0.1, 0.15) is 12.8 Å².